The molecule has 6 nitrogen and oxygen atoms in total. The molecule has 25 heavy (non-hydrogen) atoms. The van der Waals surface area contributed by atoms with Crippen LogP contribution in [0.5, 0.6) is 0 Å². The van der Waals surface area contributed by atoms with Gasteiger partial charge in [-0.05, 0) is 43.4 Å². The van der Waals surface area contributed by atoms with E-state index < -0.39 is 24.2 Å². The molecule has 2 amide bonds. The number of piperidine rings is 1. The molecule has 0 aromatic heterocycles. The lowest BCUT2D eigenvalue weighted by molar-refractivity contribution is -0.140. The van der Waals surface area contributed by atoms with Crippen molar-refractivity contribution in [3.63, 3.8) is 0 Å². The van der Waals surface area contributed by atoms with Crippen LogP contribution in [-0.4, -0.2) is 40.4 Å². The first-order chi connectivity index (χ1) is 11.9. The fraction of sp³-hybridized carbons (Fsp3) is 0.500. The van der Waals surface area contributed by atoms with Crippen LogP contribution in [0.3, 0.4) is 0 Å². The monoisotopic (exact) mass is 350 g/mol. The number of hydrogen-bond acceptors (Lipinski definition) is 3. The average molecular weight is 350 g/mol. The first-order valence-corrected chi connectivity index (χ1v) is 8.53. The van der Waals surface area contributed by atoms with Gasteiger partial charge in [-0.25, -0.2) is 4.39 Å². The zero-order chi connectivity index (χ0) is 18.4. The third-order valence-corrected chi connectivity index (χ3v) is 4.25. The molecule has 136 valence electrons. The summed E-state index contributed by atoms with van der Waals surface area (Å²) >= 11 is 0. The van der Waals surface area contributed by atoms with Crippen LogP contribution in [0, 0.1) is 5.82 Å². The third-order valence-electron chi connectivity index (χ3n) is 4.25. The number of halogens is 1. The van der Waals surface area contributed by atoms with Crippen molar-refractivity contribution in [1.82, 2.24) is 4.90 Å². The molecule has 1 aliphatic rings. The van der Waals surface area contributed by atoms with Crippen LogP contribution in [0.1, 0.15) is 44.6 Å². The molecule has 1 aromatic rings. The normalized spacial score (nSPS) is 17.2. The fourth-order valence-corrected chi connectivity index (χ4v) is 3.02. The van der Waals surface area contributed by atoms with Crippen LogP contribution in [0.2, 0.25) is 0 Å². The van der Waals surface area contributed by atoms with E-state index in [9.17, 15) is 18.8 Å². The number of hydrogen-bond donors (Lipinski definition) is 2. The van der Waals surface area contributed by atoms with Gasteiger partial charge in [-0.2, -0.15) is 0 Å². The lowest BCUT2D eigenvalue weighted by atomic mass is 10.0. The first kappa shape index (κ1) is 18.9. The van der Waals surface area contributed by atoms with Crippen molar-refractivity contribution in [2.75, 3.05) is 11.9 Å². The van der Waals surface area contributed by atoms with Gasteiger partial charge in [0.25, 0.3) is 0 Å². The van der Waals surface area contributed by atoms with Crippen LogP contribution in [0.15, 0.2) is 18.2 Å². The van der Waals surface area contributed by atoms with Gasteiger partial charge in [-0.3, -0.25) is 14.4 Å². The highest BCUT2D eigenvalue weighted by Gasteiger charge is 2.31. The standard InChI is InChI=1S/C18H23FN2O4/c1-2-5-16(22)21-9-4-3-6-15(21)18(25)20-13-8-7-12(10-17(23)24)14(19)11-13/h7-8,11,15H,2-6,9-10H2,1H3,(H,20,25)(H,23,24). The van der Waals surface area contributed by atoms with Crippen molar-refractivity contribution >= 4 is 23.5 Å². The highest BCUT2D eigenvalue weighted by atomic mass is 19.1. The summed E-state index contributed by atoms with van der Waals surface area (Å²) < 4.78 is 13.9. The summed E-state index contributed by atoms with van der Waals surface area (Å²) in [6, 6.07) is 3.38. The number of amides is 2. The van der Waals surface area contributed by atoms with Crippen LogP contribution >= 0.6 is 0 Å². The van der Waals surface area contributed by atoms with Gasteiger partial charge in [0.15, 0.2) is 0 Å². The average Bonchev–Trinajstić information content (AvgIpc) is 2.57. The van der Waals surface area contributed by atoms with E-state index in [0.717, 1.165) is 25.3 Å². The summed E-state index contributed by atoms with van der Waals surface area (Å²) in [4.78, 5) is 37.0. The molecule has 1 saturated heterocycles. The van der Waals surface area contributed by atoms with Gasteiger partial charge in [-0.1, -0.05) is 13.0 Å². The van der Waals surface area contributed by atoms with E-state index in [0.29, 0.717) is 19.4 Å². The minimum atomic E-state index is -1.12. The number of nitrogens with one attached hydrogen (secondary N) is 1. The fourth-order valence-electron chi connectivity index (χ4n) is 3.02. The maximum absolute atomic E-state index is 13.9. The lowest BCUT2D eigenvalue weighted by Crippen LogP contribution is -2.49. The number of aliphatic carboxylic acids is 1. The van der Waals surface area contributed by atoms with E-state index in [2.05, 4.69) is 5.32 Å². The molecular weight excluding hydrogens is 327 g/mol. The zero-order valence-electron chi connectivity index (χ0n) is 14.3. The number of carbonyl (C=O) groups is 3. The predicted octanol–water partition coefficient (Wildman–Crippen LogP) is 2.57. The molecule has 2 N–H and O–H groups in total. The van der Waals surface area contributed by atoms with Crippen LogP contribution < -0.4 is 5.32 Å². The molecule has 1 aromatic carbocycles. The van der Waals surface area contributed by atoms with Crippen molar-refractivity contribution in [3.05, 3.63) is 29.6 Å². The number of carboxylic acid groups (broad SMARTS) is 1. The highest BCUT2D eigenvalue weighted by molar-refractivity contribution is 5.97. The molecule has 7 heteroatoms. The lowest BCUT2D eigenvalue weighted by Gasteiger charge is -2.34. The quantitative estimate of drug-likeness (QED) is 0.825. The van der Waals surface area contributed by atoms with Gasteiger partial charge < -0.3 is 15.3 Å². The molecule has 0 radical (unpaired) electrons. The molecule has 0 bridgehead atoms. The zero-order valence-corrected chi connectivity index (χ0v) is 14.3. The Morgan fingerprint density at radius 1 is 1.32 bits per heavy atom. The molecule has 1 aliphatic heterocycles. The Kier molecular flexibility index (Phi) is 6.50. The molecule has 1 fully saturated rings. The highest BCUT2D eigenvalue weighted by Crippen LogP contribution is 2.21. The van der Waals surface area contributed by atoms with Crippen molar-refractivity contribution in [1.29, 1.82) is 0 Å². The summed E-state index contributed by atoms with van der Waals surface area (Å²) in [5, 5.41) is 11.4. The van der Waals surface area contributed by atoms with E-state index in [-0.39, 0.29) is 23.1 Å². The molecule has 0 saturated carbocycles. The number of anilines is 1. The second kappa shape index (κ2) is 8.60. The third kappa shape index (κ3) is 5.01. The Labute approximate surface area is 146 Å². The smallest absolute Gasteiger partial charge is 0.307 e. The number of carboxylic acids is 1. The summed E-state index contributed by atoms with van der Waals surface area (Å²) in [6.45, 7) is 2.47. The van der Waals surface area contributed by atoms with Crippen molar-refractivity contribution in [3.8, 4) is 0 Å². The van der Waals surface area contributed by atoms with Crippen molar-refractivity contribution < 1.29 is 23.9 Å². The van der Waals surface area contributed by atoms with Gasteiger partial charge in [0.1, 0.15) is 11.9 Å². The van der Waals surface area contributed by atoms with Crippen LogP contribution in [0.25, 0.3) is 0 Å². The molecule has 1 unspecified atom stereocenters. The minimum Gasteiger partial charge on any atom is -0.481 e. The van der Waals surface area contributed by atoms with Gasteiger partial charge in [-0.15, -0.1) is 0 Å². The first-order valence-electron chi connectivity index (χ1n) is 8.53. The van der Waals surface area contributed by atoms with Gasteiger partial charge in [0.2, 0.25) is 11.8 Å². The number of rotatable bonds is 6. The van der Waals surface area contributed by atoms with Crippen LogP contribution in [0.4, 0.5) is 10.1 Å². The molecule has 0 aliphatic carbocycles. The van der Waals surface area contributed by atoms with Gasteiger partial charge >= 0.3 is 5.97 Å². The summed E-state index contributed by atoms with van der Waals surface area (Å²) in [6.07, 6.45) is 3.03. The predicted molar refractivity (Wildman–Crippen MR) is 90.6 cm³/mol. The SMILES string of the molecule is CCCC(=O)N1CCCCC1C(=O)Nc1ccc(CC(=O)O)c(F)c1. The molecule has 2 rings (SSSR count). The number of nitrogens with zero attached hydrogens (tertiary/aromatic N) is 1. The van der Waals surface area contributed by atoms with Gasteiger partial charge in [0.05, 0.1) is 6.42 Å². The molecule has 0 spiro atoms. The Bertz CT molecular complexity index is 662. The Morgan fingerprint density at radius 2 is 2.08 bits per heavy atom. The van der Waals surface area contributed by atoms with E-state index in [1.165, 1.54) is 12.1 Å². The van der Waals surface area contributed by atoms with Crippen molar-refractivity contribution in [2.24, 2.45) is 0 Å². The van der Waals surface area contributed by atoms with E-state index in [1.807, 2.05) is 6.92 Å². The summed E-state index contributed by atoms with van der Waals surface area (Å²) in [5.74, 6) is -2.18. The van der Waals surface area contributed by atoms with E-state index in [4.69, 9.17) is 5.11 Å². The van der Waals surface area contributed by atoms with Crippen LogP contribution in [-0.2, 0) is 20.8 Å². The topological polar surface area (TPSA) is 86.7 Å². The molecule has 1 atom stereocenters. The van der Waals surface area contributed by atoms with E-state index >= 15 is 0 Å². The number of likely N-dealkylation sites (tertiary alicyclic amines) is 1. The Morgan fingerprint density at radius 3 is 2.72 bits per heavy atom. The molecular formula is C18H23FN2O4. The largest absolute Gasteiger partial charge is 0.481 e. The summed E-state index contributed by atoms with van der Waals surface area (Å²) in [7, 11) is 0. The van der Waals surface area contributed by atoms with E-state index in [1.54, 1.807) is 4.90 Å². The minimum absolute atomic E-state index is 0.0367. The maximum Gasteiger partial charge on any atom is 0.307 e. The molecule has 1 heterocycles. The second-order valence-corrected chi connectivity index (χ2v) is 6.21. The van der Waals surface area contributed by atoms with Gasteiger partial charge in [0, 0.05) is 18.7 Å². The Hall–Kier alpha value is -2.44. The van der Waals surface area contributed by atoms with Crippen molar-refractivity contribution in [2.45, 2.75) is 51.5 Å². The number of benzene rings is 1. The second-order valence-electron chi connectivity index (χ2n) is 6.21. The number of carbonyl (C=O) groups excluding carboxylic acids is 2. The maximum atomic E-state index is 13.9. The summed E-state index contributed by atoms with van der Waals surface area (Å²) in [5.41, 5.74) is 0.313. The Balaban J connectivity index is 2.08.